The molecule has 21 heavy (non-hydrogen) atoms. The van der Waals surface area contributed by atoms with Gasteiger partial charge in [-0.05, 0) is 39.8 Å². The van der Waals surface area contributed by atoms with Gasteiger partial charge in [0.05, 0.1) is 0 Å². The molecule has 0 saturated heterocycles. The van der Waals surface area contributed by atoms with Crippen LogP contribution in [0.3, 0.4) is 0 Å². The molecule has 0 bridgehead atoms. The molecular formula is C15H21NO5. The molecule has 6 heteroatoms. The molecule has 1 rings (SSSR count). The average molecular weight is 295 g/mol. The maximum Gasteiger partial charge on any atom is 0.408 e. The average Bonchev–Trinajstić information content (AvgIpc) is 2.34. The van der Waals surface area contributed by atoms with E-state index >= 15 is 0 Å². The molecule has 0 fully saturated rings. The van der Waals surface area contributed by atoms with Crippen molar-refractivity contribution in [2.24, 2.45) is 0 Å². The number of hydrogen-bond acceptors (Lipinski definition) is 4. The molecule has 0 aliphatic carbocycles. The summed E-state index contributed by atoms with van der Waals surface area (Å²) in [5.74, 6) is -0.661. The number of nitrogens with one attached hydrogen (secondary N) is 1. The van der Waals surface area contributed by atoms with E-state index in [0.717, 1.165) is 0 Å². The van der Waals surface area contributed by atoms with Crippen molar-refractivity contribution in [3.63, 3.8) is 0 Å². The molecule has 1 aromatic carbocycles. The topological polar surface area (TPSA) is 84.9 Å². The zero-order chi connectivity index (χ0) is 16.0. The van der Waals surface area contributed by atoms with Crippen molar-refractivity contribution in [1.82, 2.24) is 5.32 Å². The van der Waals surface area contributed by atoms with Crippen LogP contribution in [-0.4, -0.2) is 34.9 Å². The maximum atomic E-state index is 11.7. The molecule has 0 aliphatic heterocycles. The van der Waals surface area contributed by atoms with Gasteiger partial charge in [-0.3, -0.25) is 0 Å². The van der Waals surface area contributed by atoms with Gasteiger partial charge in [0.15, 0.2) is 6.04 Å². The number of carbonyl (C=O) groups is 2. The zero-order valence-electron chi connectivity index (χ0n) is 12.6. The summed E-state index contributed by atoms with van der Waals surface area (Å²) in [7, 11) is 0. The summed E-state index contributed by atoms with van der Waals surface area (Å²) in [6, 6.07) is 7.59. The second kappa shape index (κ2) is 6.97. The van der Waals surface area contributed by atoms with Crippen molar-refractivity contribution in [1.29, 1.82) is 0 Å². The van der Waals surface area contributed by atoms with Crippen LogP contribution in [-0.2, 0) is 9.53 Å². The van der Waals surface area contributed by atoms with Gasteiger partial charge in [0.2, 0.25) is 0 Å². The Labute approximate surface area is 124 Å². The number of hydrogen-bond donors (Lipinski definition) is 2. The predicted molar refractivity (Wildman–Crippen MR) is 77.3 cm³/mol. The highest BCUT2D eigenvalue weighted by Crippen LogP contribution is 2.13. The third kappa shape index (κ3) is 6.16. The third-order valence-corrected chi connectivity index (χ3v) is 2.47. The first-order valence-electron chi connectivity index (χ1n) is 6.63. The summed E-state index contributed by atoms with van der Waals surface area (Å²) in [6.07, 6.45) is -1.55. The quantitative estimate of drug-likeness (QED) is 0.871. The monoisotopic (exact) mass is 295 g/mol. The van der Waals surface area contributed by atoms with Crippen molar-refractivity contribution in [2.45, 2.75) is 45.4 Å². The number of para-hydroxylation sites is 1. The molecule has 0 aromatic heterocycles. The van der Waals surface area contributed by atoms with Crippen LogP contribution in [0.2, 0.25) is 0 Å². The number of rotatable bonds is 5. The second-order valence-electron chi connectivity index (χ2n) is 5.60. The summed E-state index contributed by atoms with van der Waals surface area (Å²) < 4.78 is 10.6. The van der Waals surface area contributed by atoms with E-state index in [0.29, 0.717) is 5.75 Å². The molecule has 0 heterocycles. The number of carbonyl (C=O) groups excluding carboxylic acids is 1. The number of carboxylic acid groups (broad SMARTS) is 1. The van der Waals surface area contributed by atoms with Crippen molar-refractivity contribution < 1.29 is 24.2 Å². The Hall–Kier alpha value is -2.24. The first kappa shape index (κ1) is 16.8. The minimum atomic E-state index is -1.21. The SMILES string of the molecule is C[C@@H](Oc1ccccc1)[C@H](NC(=O)OC(C)(C)C)C(=O)O. The fourth-order valence-electron chi connectivity index (χ4n) is 1.60. The Bertz CT molecular complexity index is 481. The molecule has 0 unspecified atom stereocenters. The summed E-state index contributed by atoms with van der Waals surface area (Å²) in [5, 5.41) is 11.5. The number of carboxylic acids is 1. The summed E-state index contributed by atoms with van der Waals surface area (Å²) >= 11 is 0. The van der Waals surface area contributed by atoms with Crippen molar-refractivity contribution in [3.05, 3.63) is 30.3 Å². The van der Waals surface area contributed by atoms with Crippen LogP contribution >= 0.6 is 0 Å². The molecule has 0 radical (unpaired) electrons. The van der Waals surface area contributed by atoms with E-state index in [1.54, 1.807) is 52.0 Å². The molecule has 6 nitrogen and oxygen atoms in total. The van der Waals surface area contributed by atoms with Gasteiger partial charge >= 0.3 is 12.1 Å². The second-order valence-corrected chi connectivity index (χ2v) is 5.60. The van der Waals surface area contributed by atoms with Gasteiger partial charge in [-0.25, -0.2) is 9.59 Å². The van der Waals surface area contributed by atoms with E-state index in [2.05, 4.69) is 5.32 Å². The van der Waals surface area contributed by atoms with E-state index in [9.17, 15) is 14.7 Å². The first-order chi connectivity index (χ1) is 9.69. The highest BCUT2D eigenvalue weighted by atomic mass is 16.6. The maximum absolute atomic E-state index is 11.7. The Morgan fingerprint density at radius 2 is 1.76 bits per heavy atom. The van der Waals surface area contributed by atoms with Gasteiger partial charge in [0.25, 0.3) is 0 Å². The van der Waals surface area contributed by atoms with Gasteiger partial charge in [-0.2, -0.15) is 0 Å². The molecule has 2 N–H and O–H groups in total. The van der Waals surface area contributed by atoms with Crippen LogP contribution in [0, 0.1) is 0 Å². The van der Waals surface area contributed by atoms with Crippen LogP contribution in [0.25, 0.3) is 0 Å². The zero-order valence-corrected chi connectivity index (χ0v) is 12.6. The molecule has 0 saturated carbocycles. The largest absolute Gasteiger partial charge is 0.488 e. The number of amides is 1. The van der Waals surface area contributed by atoms with Crippen molar-refractivity contribution in [2.75, 3.05) is 0 Å². The number of alkyl carbamates (subject to hydrolysis) is 1. The number of aliphatic carboxylic acids is 1. The molecule has 116 valence electrons. The normalized spacial score (nSPS) is 13.9. The number of benzene rings is 1. The molecule has 1 amide bonds. The van der Waals surface area contributed by atoms with Gasteiger partial charge in [-0.15, -0.1) is 0 Å². The van der Waals surface area contributed by atoms with Crippen molar-refractivity contribution in [3.8, 4) is 5.75 Å². The van der Waals surface area contributed by atoms with E-state index in [1.165, 1.54) is 0 Å². The lowest BCUT2D eigenvalue weighted by molar-refractivity contribution is -0.141. The summed E-state index contributed by atoms with van der Waals surface area (Å²) in [4.78, 5) is 23.0. The number of ether oxygens (including phenoxy) is 2. The summed E-state index contributed by atoms with van der Waals surface area (Å²) in [5.41, 5.74) is -0.698. The standard InChI is InChI=1S/C15H21NO5/c1-10(20-11-8-6-5-7-9-11)12(13(17)18)16-14(19)21-15(2,3)4/h5-10,12H,1-4H3,(H,16,19)(H,17,18)/t10-,12+/m1/s1. The minimum absolute atomic E-state index is 0.530. The van der Waals surface area contributed by atoms with E-state index in [-0.39, 0.29) is 0 Å². The van der Waals surface area contributed by atoms with Gasteiger partial charge in [0.1, 0.15) is 17.5 Å². The fourth-order valence-corrected chi connectivity index (χ4v) is 1.60. The Morgan fingerprint density at radius 3 is 2.24 bits per heavy atom. The van der Waals surface area contributed by atoms with Gasteiger partial charge in [-0.1, -0.05) is 18.2 Å². The van der Waals surface area contributed by atoms with Gasteiger partial charge < -0.3 is 19.9 Å². The minimum Gasteiger partial charge on any atom is -0.488 e. The van der Waals surface area contributed by atoms with Crippen LogP contribution < -0.4 is 10.1 Å². The highest BCUT2D eigenvalue weighted by Gasteiger charge is 2.30. The van der Waals surface area contributed by atoms with Gasteiger partial charge in [0, 0.05) is 0 Å². The van der Waals surface area contributed by atoms with E-state index in [4.69, 9.17) is 9.47 Å². The Morgan fingerprint density at radius 1 is 1.19 bits per heavy atom. The summed E-state index contributed by atoms with van der Waals surface area (Å²) in [6.45, 7) is 6.67. The Balaban J connectivity index is 2.68. The van der Waals surface area contributed by atoms with Crippen LogP contribution in [0.15, 0.2) is 30.3 Å². The van der Waals surface area contributed by atoms with Crippen LogP contribution in [0.5, 0.6) is 5.75 Å². The van der Waals surface area contributed by atoms with Crippen LogP contribution in [0.4, 0.5) is 4.79 Å². The molecular weight excluding hydrogens is 274 g/mol. The molecule has 2 atom stereocenters. The fraction of sp³-hybridized carbons (Fsp3) is 0.467. The first-order valence-corrected chi connectivity index (χ1v) is 6.63. The van der Waals surface area contributed by atoms with E-state index in [1.807, 2.05) is 6.07 Å². The molecule has 1 aromatic rings. The lowest BCUT2D eigenvalue weighted by atomic mass is 10.2. The predicted octanol–water partition coefficient (Wildman–Crippen LogP) is 2.43. The van der Waals surface area contributed by atoms with Crippen LogP contribution in [0.1, 0.15) is 27.7 Å². The lowest BCUT2D eigenvalue weighted by Gasteiger charge is -2.25. The molecule has 0 aliphatic rings. The smallest absolute Gasteiger partial charge is 0.408 e. The highest BCUT2D eigenvalue weighted by molar-refractivity contribution is 5.80. The lowest BCUT2D eigenvalue weighted by Crippen LogP contribution is -2.51. The van der Waals surface area contributed by atoms with Crippen molar-refractivity contribution >= 4 is 12.1 Å². The van der Waals surface area contributed by atoms with E-state index < -0.39 is 29.8 Å². The molecule has 0 spiro atoms. The Kier molecular flexibility index (Phi) is 5.58. The third-order valence-electron chi connectivity index (χ3n) is 2.47.